The molecular weight excluding hydrogens is 364 g/mol. The minimum Gasteiger partial charge on any atom is -0.484 e. The number of anilines is 1. The maximum atomic E-state index is 12.2. The molecule has 0 bridgehead atoms. The number of fused-ring (bicyclic) bond motifs is 1. The quantitative estimate of drug-likeness (QED) is 0.822. The van der Waals surface area contributed by atoms with Crippen LogP contribution in [0, 0.1) is 6.92 Å². The van der Waals surface area contributed by atoms with Gasteiger partial charge in [0.25, 0.3) is 5.91 Å². The molecule has 8 heteroatoms. The number of carbonyl (C=O) groups excluding carboxylic acids is 2. The molecule has 0 aromatic heterocycles. The molecule has 1 N–H and O–H groups in total. The minimum absolute atomic E-state index is 0.0998. The summed E-state index contributed by atoms with van der Waals surface area (Å²) in [5.74, 6) is 1.63. The van der Waals surface area contributed by atoms with Crippen LogP contribution in [0.4, 0.5) is 10.5 Å². The van der Waals surface area contributed by atoms with Gasteiger partial charge >= 0.3 is 6.09 Å². The monoisotopic (exact) mass is 384 g/mol. The Morgan fingerprint density at radius 1 is 1.21 bits per heavy atom. The van der Waals surface area contributed by atoms with Crippen molar-refractivity contribution in [1.29, 1.82) is 0 Å². The van der Waals surface area contributed by atoms with E-state index in [4.69, 9.17) is 18.9 Å². The molecule has 0 saturated carbocycles. The van der Waals surface area contributed by atoms with Crippen LogP contribution < -0.4 is 24.4 Å². The van der Waals surface area contributed by atoms with E-state index in [0.717, 1.165) is 5.56 Å². The highest BCUT2D eigenvalue weighted by Gasteiger charge is 2.33. The second-order valence-corrected chi connectivity index (χ2v) is 6.51. The summed E-state index contributed by atoms with van der Waals surface area (Å²) in [4.78, 5) is 25.7. The van der Waals surface area contributed by atoms with Crippen LogP contribution in [0.3, 0.4) is 0 Å². The number of benzene rings is 2. The van der Waals surface area contributed by atoms with Crippen molar-refractivity contribution in [1.82, 2.24) is 5.32 Å². The average molecular weight is 384 g/mol. The van der Waals surface area contributed by atoms with E-state index in [-0.39, 0.29) is 25.9 Å². The van der Waals surface area contributed by atoms with E-state index in [2.05, 4.69) is 5.32 Å². The highest BCUT2D eigenvalue weighted by Crippen LogP contribution is 2.36. The molecule has 28 heavy (non-hydrogen) atoms. The van der Waals surface area contributed by atoms with Gasteiger partial charge in [-0.1, -0.05) is 18.2 Å². The molecule has 2 aromatic rings. The summed E-state index contributed by atoms with van der Waals surface area (Å²) in [6, 6.07) is 12.7. The summed E-state index contributed by atoms with van der Waals surface area (Å²) in [6.07, 6.45) is -0.908. The molecule has 0 unspecified atom stereocenters. The van der Waals surface area contributed by atoms with Gasteiger partial charge < -0.3 is 24.3 Å². The molecule has 2 amide bonds. The first kappa shape index (κ1) is 18.0. The van der Waals surface area contributed by atoms with Crippen LogP contribution in [0.1, 0.15) is 5.56 Å². The van der Waals surface area contributed by atoms with Crippen LogP contribution in [0.15, 0.2) is 42.5 Å². The van der Waals surface area contributed by atoms with E-state index in [1.807, 2.05) is 31.2 Å². The lowest BCUT2D eigenvalue weighted by molar-refractivity contribution is -0.123. The fraction of sp³-hybridized carbons (Fsp3) is 0.300. The first-order chi connectivity index (χ1) is 13.6. The third kappa shape index (κ3) is 3.80. The van der Waals surface area contributed by atoms with Gasteiger partial charge in [-0.3, -0.25) is 9.69 Å². The lowest BCUT2D eigenvalue weighted by Gasteiger charge is -2.14. The van der Waals surface area contributed by atoms with Crippen molar-refractivity contribution in [3.63, 3.8) is 0 Å². The molecule has 146 valence electrons. The van der Waals surface area contributed by atoms with Crippen LogP contribution in [-0.4, -0.2) is 44.6 Å². The molecule has 2 heterocycles. The molecule has 2 aliphatic heterocycles. The SMILES string of the molecule is Cc1ccccc1OCC(=O)NC[C@H]1CN(c2ccc3c(c2)OCO3)C(=O)O1. The number of hydrogen-bond acceptors (Lipinski definition) is 6. The predicted molar refractivity (Wildman–Crippen MR) is 99.9 cm³/mol. The molecule has 0 spiro atoms. The van der Waals surface area contributed by atoms with Crippen molar-refractivity contribution in [2.45, 2.75) is 13.0 Å². The molecule has 1 fully saturated rings. The van der Waals surface area contributed by atoms with E-state index in [1.165, 1.54) is 4.90 Å². The zero-order valence-corrected chi connectivity index (χ0v) is 15.3. The fourth-order valence-electron chi connectivity index (χ4n) is 3.03. The van der Waals surface area contributed by atoms with Crippen molar-refractivity contribution >= 4 is 17.7 Å². The number of nitrogens with zero attached hydrogens (tertiary/aromatic N) is 1. The third-order valence-corrected chi connectivity index (χ3v) is 4.52. The van der Waals surface area contributed by atoms with Gasteiger partial charge in [0, 0.05) is 6.07 Å². The molecule has 1 saturated heterocycles. The number of ether oxygens (including phenoxy) is 4. The minimum atomic E-state index is -0.464. The third-order valence-electron chi connectivity index (χ3n) is 4.52. The Bertz CT molecular complexity index is 900. The highest BCUT2D eigenvalue weighted by molar-refractivity contribution is 5.90. The molecule has 2 aliphatic rings. The summed E-state index contributed by atoms with van der Waals surface area (Å²) < 4.78 is 21.5. The van der Waals surface area contributed by atoms with Gasteiger partial charge in [-0.2, -0.15) is 0 Å². The molecule has 0 radical (unpaired) electrons. The van der Waals surface area contributed by atoms with Crippen LogP contribution in [0.2, 0.25) is 0 Å². The summed E-state index contributed by atoms with van der Waals surface area (Å²) >= 11 is 0. The van der Waals surface area contributed by atoms with Crippen molar-refractivity contribution in [2.75, 3.05) is 31.4 Å². The van der Waals surface area contributed by atoms with Crippen LogP contribution in [0.5, 0.6) is 17.2 Å². The molecule has 0 aliphatic carbocycles. The Labute approximate surface area is 161 Å². The van der Waals surface area contributed by atoms with Gasteiger partial charge in [0.05, 0.1) is 18.8 Å². The number of cyclic esters (lactones) is 1. The van der Waals surface area contributed by atoms with Crippen molar-refractivity contribution in [2.24, 2.45) is 0 Å². The van der Waals surface area contributed by atoms with Gasteiger partial charge in [-0.05, 0) is 30.7 Å². The summed E-state index contributed by atoms with van der Waals surface area (Å²) in [7, 11) is 0. The Morgan fingerprint density at radius 3 is 2.89 bits per heavy atom. The number of para-hydroxylation sites is 1. The number of nitrogens with one attached hydrogen (secondary N) is 1. The first-order valence-corrected chi connectivity index (χ1v) is 8.93. The van der Waals surface area contributed by atoms with Crippen molar-refractivity contribution in [3.8, 4) is 17.2 Å². The molecule has 4 rings (SSSR count). The topological polar surface area (TPSA) is 86.3 Å². The number of rotatable bonds is 6. The maximum absolute atomic E-state index is 12.2. The Balaban J connectivity index is 1.27. The van der Waals surface area contributed by atoms with Gasteiger partial charge in [0.2, 0.25) is 6.79 Å². The lowest BCUT2D eigenvalue weighted by atomic mass is 10.2. The molecule has 1 atom stereocenters. The smallest absolute Gasteiger partial charge is 0.414 e. The second-order valence-electron chi connectivity index (χ2n) is 6.51. The maximum Gasteiger partial charge on any atom is 0.414 e. The number of amides is 2. The second kappa shape index (κ2) is 7.67. The van der Waals surface area contributed by atoms with Crippen LogP contribution in [0.25, 0.3) is 0 Å². The first-order valence-electron chi connectivity index (χ1n) is 8.93. The summed E-state index contributed by atoms with van der Waals surface area (Å²) in [5, 5.41) is 2.74. The summed E-state index contributed by atoms with van der Waals surface area (Å²) in [6.45, 7) is 2.52. The predicted octanol–water partition coefficient (Wildman–Crippen LogP) is 2.24. The summed E-state index contributed by atoms with van der Waals surface area (Å²) in [5.41, 5.74) is 1.62. The van der Waals surface area contributed by atoms with E-state index < -0.39 is 12.2 Å². The Morgan fingerprint density at radius 2 is 2.04 bits per heavy atom. The largest absolute Gasteiger partial charge is 0.484 e. The van der Waals surface area contributed by atoms with Gasteiger partial charge in [-0.25, -0.2) is 4.79 Å². The zero-order valence-electron chi connectivity index (χ0n) is 15.3. The van der Waals surface area contributed by atoms with E-state index >= 15 is 0 Å². The van der Waals surface area contributed by atoms with E-state index in [1.54, 1.807) is 18.2 Å². The van der Waals surface area contributed by atoms with Crippen LogP contribution >= 0.6 is 0 Å². The normalized spacial score (nSPS) is 17.4. The molecule has 2 aromatic carbocycles. The van der Waals surface area contributed by atoms with Crippen LogP contribution in [-0.2, 0) is 9.53 Å². The van der Waals surface area contributed by atoms with Crippen molar-refractivity contribution in [3.05, 3.63) is 48.0 Å². The van der Waals surface area contributed by atoms with Gasteiger partial charge in [0.1, 0.15) is 11.9 Å². The lowest BCUT2D eigenvalue weighted by Crippen LogP contribution is -2.37. The number of aryl methyl sites for hydroxylation is 1. The van der Waals surface area contributed by atoms with E-state index in [0.29, 0.717) is 29.5 Å². The van der Waals surface area contributed by atoms with Gasteiger partial charge in [-0.15, -0.1) is 0 Å². The Kier molecular flexibility index (Phi) is 4.92. The fourth-order valence-corrected chi connectivity index (χ4v) is 3.03. The standard InChI is InChI=1S/C20H20N2O6/c1-13-4-2-3-5-16(13)25-11-19(23)21-9-15-10-22(20(24)28-15)14-6-7-17-18(8-14)27-12-26-17/h2-8,15H,9-12H2,1H3,(H,21,23)/t15-/m0/s1. The Hall–Kier alpha value is -3.42. The highest BCUT2D eigenvalue weighted by atomic mass is 16.7. The van der Waals surface area contributed by atoms with Gasteiger partial charge in [0.15, 0.2) is 18.1 Å². The average Bonchev–Trinajstić information content (AvgIpc) is 3.31. The van der Waals surface area contributed by atoms with E-state index in [9.17, 15) is 9.59 Å². The molecule has 8 nitrogen and oxygen atoms in total. The molecular formula is C20H20N2O6. The number of hydrogen-bond donors (Lipinski definition) is 1. The van der Waals surface area contributed by atoms with Crippen molar-refractivity contribution < 1.29 is 28.5 Å². The zero-order chi connectivity index (χ0) is 19.5. The number of carbonyl (C=O) groups is 2.